The van der Waals surface area contributed by atoms with E-state index in [2.05, 4.69) is 12.2 Å². The molecule has 0 aliphatic carbocycles. The summed E-state index contributed by atoms with van der Waals surface area (Å²) in [5.41, 5.74) is 1.70. The SMILES string of the molecule is CCC=CCOc1cc(NC(=S)c2ccoc2C)ccc1Cl. The first-order valence-electron chi connectivity index (χ1n) is 7.04. The Hall–Kier alpha value is -1.78. The summed E-state index contributed by atoms with van der Waals surface area (Å²) in [4.78, 5) is 0.602. The van der Waals surface area contributed by atoms with Crippen molar-refractivity contribution in [1.29, 1.82) is 0 Å². The van der Waals surface area contributed by atoms with Gasteiger partial charge in [0.2, 0.25) is 0 Å². The van der Waals surface area contributed by atoms with Crippen LogP contribution in [-0.4, -0.2) is 11.6 Å². The van der Waals surface area contributed by atoms with Gasteiger partial charge in [0.15, 0.2) is 0 Å². The highest BCUT2D eigenvalue weighted by molar-refractivity contribution is 7.81. The fourth-order valence-corrected chi connectivity index (χ4v) is 2.39. The molecule has 0 saturated heterocycles. The Morgan fingerprint density at radius 3 is 2.86 bits per heavy atom. The van der Waals surface area contributed by atoms with Crippen molar-refractivity contribution in [2.45, 2.75) is 20.3 Å². The molecule has 1 aromatic carbocycles. The smallest absolute Gasteiger partial charge is 0.140 e. The molecular formula is C17H18ClNO2S. The second kappa shape index (κ2) is 8.01. The maximum Gasteiger partial charge on any atom is 0.140 e. The summed E-state index contributed by atoms with van der Waals surface area (Å²) >= 11 is 11.5. The average Bonchev–Trinajstić information content (AvgIpc) is 2.93. The van der Waals surface area contributed by atoms with Crippen LogP contribution in [0.1, 0.15) is 24.7 Å². The van der Waals surface area contributed by atoms with Crippen LogP contribution in [0.15, 0.2) is 47.1 Å². The van der Waals surface area contributed by atoms with Gasteiger partial charge in [0.05, 0.1) is 16.8 Å². The molecule has 0 aliphatic heterocycles. The number of nitrogens with one attached hydrogen (secondary N) is 1. The van der Waals surface area contributed by atoms with Crippen molar-refractivity contribution in [3.05, 3.63) is 59.0 Å². The van der Waals surface area contributed by atoms with Gasteiger partial charge in [-0.1, -0.05) is 42.9 Å². The van der Waals surface area contributed by atoms with Crippen molar-refractivity contribution >= 4 is 34.5 Å². The molecule has 0 spiro atoms. The lowest BCUT2D eigenvalue weighted by atomic mass is 10.2. The van der Waals surface area contributed by atoms with Gasteiger partial charge >= 0.3 is 0 Å². The summed E-state index contributed by atoms with van der Waals surface area (Å²) < 4.78 is 10.9. The highest BCUT2D eigenvalue weighted by Gasteiger charge is 2.09. The van der Waals surface area contributed by atoms with Gasteiger partial charge in [-0.3, -0.25) is 0 Å². The number of anilines is 1. The van der Waals surface area contributed by atoms with E-state index in [0.717, 1.165) is 23.4 Å². The Bertz CT molecular complexity index is 679. The lowest BCUT2D eigenvalue weighted by Gasteiger charge is -2.11. The molecule has 5 heteroatoms. The molecule has 1 N–H and O–H groups in total. The van der Waals surface area contributed by atoms with Gasteiger partial charge in [0.1, 0.15) is 23.1 Å². The number of benzene rings is 1. The van der Waals surface area contributed by atoms with Crippen molar-refractivity contribution in [3.63, 3.8) is 0 Å². The molecule has 0 amide bonds. The van der Waals surface area contributed by atoms with Gasteiger partial charge < -0.3 is 14.5 Å². The normalized spacial score (nSPS) is 10.9. The van der Waals surface area contributed by atoms with Gasteiger partial charge in [0.25, 0.3) is 0 Å². The van der Waals surface area contributed by atoms with Crippen molar-refractivity contribution in [2.24, 2.45) is 0 Å². The summed E-state index contributed by atoms with van der Waals surface area (Å²) in [6, 6.07) is 7.32. The highest BCUT2D eigenvalue weighted by Crippen LogP contribution is 2.28. The summed E-state index contributed by atoms with van der Waals surface area (Å²) in [6.45, 7) is 4.44. The summed E-state index contributed by atoms with van der Waals surface area (Å²) in [7, 11) is 0. The van der Waals surface area contributed by atoms with Crippen LogP contribution in [0.3, 0.4) is 0 Å². The Morgan fingerprint density at radius 2 is 2.18 bits per heavy atom. The number of halogens is 1. The first kappa shape index (κ1) is 16.6. The lowest BCUT2D eigenvalue weighted by molar-refractivity contribution is 0.363. The van der Waals surface area contributed by atoms with E-state index in [1.165, 1.54) is 0 Å². The van der Waals surface area contributed by atoms with Crippen LogP contribution in [0.4, 0.5) is 5.69 Å². The molecule has 2 rings (SSSR count). The van der Waals surface area contributed by atoms with E-state index >= 15 is 0 Å². The third-order valence-electron chi connectivity index (χ3n) is 3.03. The van der Waals surface area contributed by atoms with Crippen molar-refractivity contribution < 1.29 is 9.15 Å². The molecule has 1 heterocycles. The molecule has 22 heavy (non-hydrogen) atoms. The molecule has 0 bridgehead atoms. The van der Waals surface area contributed by atoms with Crippen LogP contribution < -0.4 is 10.1 Å². The van der Waals surface area contributed by atoms with E-state index in [9.17, 15) is 0 Å². The Morgan fingerprint density at radius 1 is 1.36 bits per heavy atom. The topological polar surface area (TPSA) is 34.4 Å². The van der Waals surface area contributed by atoms with Crippen LogP contribution in [-0.2, 0) is 0 Å². The monoisotopic (exact) mass is 335 g/mol. The van der Waals surface area contributed by atoms with Crippen LogP contribution in [0.2, 0.25) is 5.02 Å². The van der Waals surface area contributed by atoms with Crippen molar-refractivity contribution in [1.82, 2.24) is 0 Å². The molecule has 0 fully saturated rings. The maximum atomic E-state index is 6.15. The molecular weight excluding hydrogens is 318 g/mol. The van der Waals surface area contributed by atoms with E-state index in [-0.39, 0.29) is 0 Å². The minimum Gasteiger partial charge on any atom is -0.488 e. The standard InChI is InChI=1S/C17H18ClNO2S/c1-3-4-5-9-21-16-11-13(6-7-15(16)18)19-17(22)14-8-10-20-12(14)2/h4-8,10-11H,3,9H2,1-2H3,(H,19,22). The van der Waals surface area contributed by atoms with E-state index in [1.54, 1.807) is 12.3 Å². The highest BCUT2D eigenvalue weighted by atomic mass is 35.5. The van der Waals surface area contributed by atoms with Crippen LogP contribution in [0, 0.1) is 6.92 Å². The van der Waals surface area contributed by atoms with E-state index in [1.807, 2.05) is 37.3 Å². The van der Waals surface area contributed by atoms with Crippen molar-refractivity contribution in [2.75, 3.05) is 11.9 Å². The minimum absolute atomic E-state index is 0.488. The average molecular weight is 336 g/mol. The number of ether oxygens (including phenoxy) is 1. The van der Waals surface area contributed by atoms with Crippen LogP contribution >= 0.6 is 23.8 Å². The Labute approximate surface area is 140 Å². The van der Waals surface area contributed by atoms with Gasteiger partial charge in [0, 0.05) is 11.8 Å². The second-order valence-corrected chi connectivity index (χ2v) is 5.50. The molecule has 0 radical (unpaired) electrons. The number of aryl methyl sites for hydroxylation is 1. The minimum atomic E-state index is 0.488. The van der Waals surface area contributed by atoms with Gasteiger partial charge in [-0.2, -0.15) is 0 Å². The molecule has 0 saturated carbocycles. The van der Waals surface area contributed by atoms with E-state index in [0.29, 0.717) is 22.4 Å². The Kier molecular flexibility index (Phi) is 6.04. The molecule has 2 aromatic rings. The zero-order valence-electron chi connectivity index (χ0n) is 12.6. The van der Waals surface area contributed by atoms with Crippen molar-refractivity contribution in [3.8, 4) is 5.75 Å². The van der Waals surface area contributed by atoms with E-state index < -0.39 is 0 Å². The van der Waals surface area contributed by atoms with Gasteiger partial charge in [-0.05, 0) is 31.5 Å². The molecule has 116 valence electrons. The first-order chi connectivity index (χ1) is 10.6. The predicted octanol–water partition coefficient (Wildman–Crippen LogP) is 5.37. The molecule has 3 nitrogen and oxygen atoms in total. The Balaban J connectivity index is 2.07. The van der Waals surface area contributed by atoms with E-state index in [4.69, 9.17) is 33.0 Å². The zero-order chi connectivity index (χ0) is 15.9. The zero-order valence-corrected chi connectivity index (χ0v) is 14.1. The lowest BCUT2D eigenvalue weighted by Crippen LogP contribution is -2.10. The second-order valence-electron chi connectivity index (χ2n) is 4.68. The third kappa shape index (κ3) is 4.36. The number of hydrogen-bond donors (Lipinski definition) is 1. The summed E-state index contributed by atoms with van der Waals surface area (Å²) in [5, 5.41) is 3.74. The number of rotatable bonds is 6. The molecule has 0 atom stereocenters. The quantitative estimate of drug-likeness (QED) is 0.568. The third-order valence-corrected chi connectivity index (χ3v) is 3.66. The van der Waals surface area contributed by atoms with Crippen LogP contribution in [0.5, 0.6) is 5.75 Å². The van der Waals surface area contributed by atoms with Gasteiger partial charge in [-0.25, -0.2) is 0 Å². The van der Waals surface area contributed by atoms with Gasteiger partial charge in [-0.15, -0.1) is 0 Å². The maximum absolute atomic E-state index is 6.15. The molecule has 1 aromatic heterocycles. The molecule has 0 aliphatic rings. The number of furan rings is 1. The predicted molar refractivity (Wildman–Crippen MR) is 95.1 cm³/mol. The number of allylic oxidation sites excluding steroid dienone is 1. The fourth-order valence-electron chi connectivity index (χ4n) is 1.88. The number of thiocarbonyl (C=S) groups is 1. The largest absolute Gasteiger partial charge is 0.488 e. The van der Waals surface area contributed by atoms with Crippen LogP contribution in [0.25, 0.3) is 0 Å². The molecule has 0 unspecified atom stereocenters. The summed E-state index contributed by atoms with van der Waals surface area (Å²) in [6.07, 6.45) is 6.62. The summed E-state index contributed by atoms with van der Waals surface area (Å²) in [5.74, 6) is 1.41. The first-order valence-corrected chi connectivity index (χ1v) is 7.83. The fraction of sp³-hybridized carbons (Fsp3) is 0.235. The number of hydrogen-bond acceptors (Lipinski definition) is 3.